The summed E-state index contributed by atoms with van der Waals surface area (Å²) in [5.74, 6) is 1.80. The number of rotatable bonds is 15. The van der Waals surface area contributed by atoms with Crippen molar-refractivity contribution in [3.8, 4) is 0 Å². The first-order valence-electron chi connectivity index (χ1n) is 26.5. The number of aromatic amines is 3. The summed E-state index contributed by atoms with van der Waals surface area (Å²) in [7, 11) is 0. The molecule has 6 aromatic rings. The van der Waals surface area contributed by atoms with Gasteiger partial charge in [-0.15, -0.1) is 0 Å². The summed E-state index contributed by atoms with van der Waals surface area (Å²) in [5.41, 5.74) is 4.84. The molecule has 0 spiro atoms. The first-order chi connectivity index (χ1) is 37.6. The molecule has 3 aliphatic heterocycles. The van der Waals surface area contributed by atoms with Crippen molar-refractivity contribution in [1.29, 1.82) is 0 Å². The van der Waals surface area contributed by atoms with Gasteiger partial charge in [0.15, 0.2) is 16.9 Å². The number of fused-ring (bicyclic) bond motifs is 3. The maximum absolute atomic E-state index is 12.1. The maximum atomic E-state index is 12.1. The molecule has 78 heavy (non-hydrogen) atoms. The molecule has 0 saturated carbocycles. The van der Waals surface area contributed by atoms with Crippen LogP contribution in [0.25, 0.3) is 33.5 Å². The second-order valence-corrected chi connectivity index (χ2v) is 19.5. The third kappa shape index (κ3) is 13.6. The standard InChI is InChI=1S/3C18H24N6O2/c2*1-4-15(25)24-7-6-13(11(3)10-24)22-14-9-21-17-16(23-14)12(8-20-17)18(26)19-5-2;1-4-15(25)24-7-6-12(8-11(24)3)22-14-10-21-17-16(23-14)13(9-20-17)18(26)19-5-2/h2*4,8-9,11,13H,1,5-7,10H2,2-3H3,(H,19,26)(H,20,21)(H,22,23);4,9-12H,1,5-8H2,2-3H3,(H,19,26)(H,20,21)(H,22,23)/t2*11-,13+;11-,12+/m101/s1. The fraction of sp³-hybridized carbons (Fsp3) is 0.444. The van der Waals surface area contributed by atoms with E-state index >= 15 is 0 Å². The zero-order valence-corrected chi connectivity index (χ0v) is 45.2. The van der Waals surface area contributed by atoms with Crippen LogP contribution in [0.4, 0.5) is 17.5 Å². The Balaban J connectivity index is 0.000000170. The molecule has 24 heteroatoms. The molecule has 24 nitrogen and oxygen atoms in total. The molecule has 0 radical (unpaired) electrons. The number of carbonyl (C=O) groups excluding carboxylic acids is 6. The second kappa shape index (κ2) is 26.4. The number of piperidine rings is 3. The van der Waals surface area contributed by atoms with Crippen LogP contribution in [0.3, 0.4) is 0 Å². The summed E-state index contributed by atoms with van der Waals surface area (Å²) in [5, 5.41) is 18.5. The number of hydrogen-bond donors (Lipinski definition) is 9. The molecule has 6 aromatic heterocycles. The van der Waals surface area contributed by atoms with Crippen molar-refractivity contribution in [2.24, 2.45) is 11.8 Å². The highest BCUT2D eigenvalue weighted by Gasteiger charge is 2.31. The van der Waals surface area contributed by atoms with E-state index in [4.69, 9.17) is 0 Å². The van der Waals surface area contributed by atoms with Gasteiger partial charge in [-0.25, -0.2) is 29.9 Å². The van der Waals surface area contributed by atoms with Gasteiger partial charge < -0.3 is 61.6 Å². The topological polar surface area (TPSA) is 309 Å². The molecule has 0 bridgehead atoms. The minimum atomic E-state index is -0.171. The molecular weight excluding hydrogens is 997 g/mol. The Morgan fingerprint density at radius 2 is 0.923 bits per heavy atom. The molecule has 414 valence electrons. The largest absolute Gasteiger partial charge is 0.366 e. The van der Waals surface area contributed by atoms with Gasteiger partial charge in [0.25, 0.3) is 17.7 Å². The van der Waals surface area contributed by atoms with Gasteiger partial charge in [0, 0.05) is 95.1 Å². The van der Waals surface area contributed by atoms with E-state index in [0.29, 0.717) is 120 Å². The van der Waals surface area contributed by atoms with Crippen LogP contribution in [-0.4, -0.2) is 172 Å². The van der Waals surface area contributed by atoms with E-state index in [-0.39, 0.29) is 71.4 Å². The summed E-state index contributed by atoms with van der Waals surface area (Å²) in [6.45, 7) is 27.5. The van der Waals surface area contributed by atoms with Crippen LogP contribution in [0.5, 0.6) is 0 Å². The quantitative estimate of drug-likeness (QED) is 0.0626. The zero-order chi connectivity index (χ0) is 56.0. The van der Waals surface area contributed by atoms with Crippen molar-refractivity contribution in [2.75, 3.05) is 68.3 Å². The number of carbonyl (C=O) groups is 6. The van der Waals surface area contributed by atoms with Crippen molar-refractivity contribution < 1.29 is 28.8 Å². The molecule has 0 aromatic carbocycles. The van der Waals surface area contributed by atoms with E-state index < -0.39 is 0 Å². The zero-order valence-electron chi connectivity index (χ0n) is 45.2. The number of amides is 6. The third-order valence-electron chi connectivity index (χ3n) is 14.0. The van der Waals surface area contributed by atoms with Crippen LogP contribution in [0.2, 0.25) is 0 Å². The van der Waals surface area contributed by atoms with Gasteiger partial charge in [-0.1, -0.05) is 33.6 Å². The Morgan fingerprint density at radius 3 is 1.26 bits per heavy atom. The lowest BCUT2D eigenvalue weighted by Crippen LogP contribution is -2.47. The van der Waals surface area contributed by atoms with Crippen LogP contribution >= 0.6 is 0 Å². The Kier molecular flexibility index (Phi) is 19.3. The lowest BCUT2D eigenvalue weighted by atomic mass is 9.94. The predicted molar refractivity (Wildman–Crippen MR) is 300 cm³/mol. The molecule has 0 unspecified atom stereocenters. The average molecular weight is 1070 g/mol. The number of H-pyrrole nitrogens is 3. The molecule has 6 amide bonds. The van der Waals surface area contributed by atoms with E-state index in [2.05, 4.69) is 110 Å². The molecule has 9 heterocycles. The van der Waals surface area contributed by atoms with E-state index in [1.165, 1.54) is 18.2 Å². The highest BCUT2D eigenvalue weighted by atomic mass is 16.2. The van der Waals surface area contributed by atoms with E-state index in [9.17, 15) is 28.8 Å². The van der Waals surface area contributed by atoms with Gasteiger partial charge in [-0.3, -0.25) is 28.8 Å². The highest BCUT2D eigenvalue weighted by Crippen LogP contribution is 2.26. The first kappa shape index (κ1) is 57.0. The number of nitrogens with zero attached hydrogens (tertiary/aromatic N) is 9. The number of aromatic nitrogens is 9. The number of likely N-dealkylation sites (tertiary alicyclic amines) is 3. The molecular formula is C54H72N18O6. The smallest absolute Gasteiger partial charge is 0.255 e. The monoisotopic (exact) mass is 1070 g/mol. The van der Waals surface area contributed by atoms with Crippen molar-refractivity contribution in [3.63, 3.8) is 0 Å². The summed E-state index contributed by atoms with van der Waals surface area (Å²) in [4.78, 5) is 113. The van der Waals surface area contributed by atoms with Crippen LogP contribution < -0.4 is 31.9 Å². The van der Waals surface area contributed by atoms with Crippen LogP contribution in [0, 0.1) is 11.8 Å². The van der Waals surface area contributed by atoms with Gasteiger partial charge in [0.2, 0.25) is 17.7 Å². The van der Waals surface area contributed by atoms with Crippen LogP contribution in [0.15, 0.2) is 75.1 Å². The molecule has 9 N–H and O–H groups in total. The lowest BCUT2D eigenvalue weighted by Gasteiger charge is -2.37. The summed E-state index contributed by atoms with van der Waals surface area (Å²) < 4.78 is 0. The van der Waals surface area contributed by atoms with Crippen molar-refractivity contribution >= 4 is 86.4 Å². The van der Waals surface area contributed by atoms with Crippen molar-refractivity contribution in [3.05, 3.63) is 91.8 Å². The second-order valence-electron chi connectivity index (χ2n) is 19.5. The van der Waals surface area contributed by atoms with Gasteiger partial charge in [0.05, 0.1) is 35.3 Å². The third-order valence-corrected chi connectivity index (χ3v) is 14.0. The summed E-state index contributed by atoms with van der Waals surface area (Å²) in [6, 6.07) is 0.684. The molecule has 3 aliphatic rings. The van der Waals surface area contributed by atoms with E-state index in [1.807, 2.05) is 42.4 Å². The van der Waals surface area contributed by atoms with Gasteiger partial charge in [-0.05, 0) is 83.4 Å². The fourth-order valence-electron chi connectivity index (χ4n) is 9.88. The van der Waals surface area contributed by atoms with Crippen molar-refractivity contribution in [2.45, 2.75) is 91.4 Å². The lowest BCUT2D eigenvalue weighted by molar-refractivity contribution is -0.129. The van der Waals surface area contributed by atoms with Crippen LogP contribution in [0.1, 0.15) is 98.3 Å². The molecule has 6 atom stereocenters. The molecule has 0 aliphatic carbocycles. The van der Waals surface area contributed by atoms with Crippen LogP contribution in [-0.2, 0) is 14.4 Å². The predicted octanol–water partition coefficient (Wildman–Crippen LogP) is 4.77. The average Bonchev–Trinajstić information content (AvgIpc) is 4.24. The Hall–Kier alpha value is -8.70. The minimum Gasteiger partial charge on any atom is -0.366 e. The van der Waals surface area contributed by atoms with Gasteiger partial charge >= 0.3 is 0 Å². The number of nitrogens with one attached hydrogen (secondary N) is 9. The molecule has 9 rings (SSSR count). The highest BCUT2D eigenvalue weighted by molar-refractivity contribution is 6.06. The number of hydrogen-bond acceptors (Lipinski definition) is 15. The number of anilines is 3. The molecule has 3 saturated heterocycles. The Labute approximate surface area is 452 Å². The molecule has 3 fully saturated rings. The van der Waals surface area contributed by atoms with E-state index in [0.717, 1.165) is 25.7 Å². The maximum Gasteiger partial charge on any atom is 0.255 e. The normalized spacial score (nSPS) is 20.0. The summed E-state index contributed by atoms with van der Waals surface area (Å²) in [6.07, 6.45) is 17.2. The fourth-order valence-corrected chi connectivity index (χ4v) is 9.88. The van der Waals surface area contributed by atoms with Crippen molar-refractivity contribution in [1.82, 2.24) is 75.5 Å². The Morgan fingerprint density at radius 1 is 0.551 bits per heavy atom. The SMILES string of the molecule is C=CC(=O)N1CC[C@@H](Nc2cnc3[nH]cc(C(=O)NCC)c3n2)[C@@H](C)C1.C=CC(=O)N1CC[C@H](Nc2cnc3[nH]cc(C(=O)NCC)c3n2)C[C@H]1C.C=CC(=O)N1CC[C@H](Nc2cnc3[nH]cc(C(=O)NCC)c3n2)[C@H](C)C1. The van der Waals surface area contributed by atoms with E-state index in [1.54, 1.807) is 37.2 Å². The van der Waals surface area contributed by atoms with Gasteiger partial charge in [0.1, 0.15) is 34.0 Å². The van der Waals surface area contributed by atoms with Gasteiger partial charge in [-0.2, -0.15) is 0 Å². The summed E-state index contributed by atoms with van der Waals surface area (Å²) >= 11 is 0. The Bertz CT molecular complexity index is 3010. The minimum absolute atomic E-state index is 0.0314. The first-order valence-corrected chi connectivity index (χ1v) is 26.5.